The topological polar surface area (TPSA) is 76.6 Å². The summed E-state index contributed by atoms with van der Waals surface area (Å²) in [5, 5.41) is 10.7. The number of aromatic nitrogens is 2. The van der Waals surface area contributed by atoms with E-state index >= 15 is 0 Å². The molecule has 1 aromatic heterocycles. The maximum Gasteiger partial charge on any atom is 0.261 e. The molecular formula is C18H18ClFN4O3. The lowest BCUT2D eigenvalue weighted by Crippen LogP contribution is -2.45. The lowest BCUT2D eigenvalue weighted by Gasteiger charge is -2.37. The normalized spacial score (nSPS) is 18.7. The Morgan fingerprint density at radius 3 is 2.52 bits per heavy atom. The number of anilines is 2. The van der Waals surface area contributed by atoms with Gasteiger partial charge in [-0.3, -0.25) is 4.79 Å². The van der Waals surface area contributed by atoms with Gasteiger partial charge in [-0.15, -0.1) is 10.2 Å². The van der Waals surface area contributed by atoms with Crippen LogP contribution < -0.4 is 10.2 Å². The van der Waals surface area contributed by atoms with Crippen LogP contribution in [0.4, 0.5) is 16.0 Å². The van der Waals surface area contributed by atoms with E-state index < -0.39 is 17.5 Å². The lowest BCUT2D eigenvalue weighted by molar-refractivity contribution is -0.169. The molecule has 2 aliphatic heterocycles. The average Bonchev–Trinajstić information content (AvgIpc) is 3.11. The summed E-state index contributed by atoms with van der Waals surface area (Å²) in [4.78, 5) is 14.3. The molecule has 3 heterocycles. The fourth-order valence-corrected chi connectivity index (χ4v) is 3.57. The van der Waals surface area contributed by atoms with Crippen molar-refractivity contribution >= 4 is 29.1 Å². The van der Waals surface area contributed by atoms with Crippen molar-refractivity contribution in [1.82, 2.24) is 10.2 Å². The summed E-state index contributed by atoms with van der Waals surface area (Å²) in [5.74, 6) is -0.890. The third kappa shape index (κ3) is 3.73. The number of nitrogens with one attached hydrogen (secondary N) is 1. The van der Waals surface area contributed by atoms with E-state index in [9.17, 15) is 9.18 Å². The highest BCUT2D eigenvalue weighted by Crippen LogP contribution is 2.32. The molecule has 2 aliphatic rings. The molecule has 27 heavy (non-hydrogen) atoms. The monoisotopic (exact) mass is 392 g/mol. The minimum Gasteiger partial charge on any atom is -0.355 e. The number of halogens is 2. The van der Waals surface area contributed by atoms with Gasteiger partial charge in [0.05, 0.1) is 23.8 Å². The van der Waals surface area contributed by atoms with Gasteiger partial charge in [-0.05, 0) is 24.3 Å². The number of benzene rings is 1. The molecule has 0 unspecified atom stereocenters. The number of carbonyl (C=O) groups is 1. The highest BCUT2D eigenvalue weighted by Gasteiger charge is 2.40. The molecule has 1 aromatic carbocycles. The Bertz CT molecular complexity index is 813. The molecule has 0 saturated carbocycles. The first kappa shape index (κ1) is 18.1. The predicted octanol–water partition coefficient (Wildman–Crippen LogP) is 2.86. The van der Waals surface area contributed by atoms with Gasteiger partial charge < -0.3 is 19.7 Å². The van der Waals surface area contributed by atoms with Crippen molar-refractivity contribution in [3.8, 4) is 0 Å². The number of nitrogens with zero attached hydrogens (tertiary/aromatic N) is 3. The summed E-state index contributed by atoms with van der Waals surface area (Å²) in [7, 11) is 0. The lowest BCUT2D eigenvalue weighted by atomic mass is 10.0. The number of rotatable bonds is 3. The summed E-state index contributed by atoms with van der Waals surface area (Å²) in [6.07, 6.45) is 1.53. The number of carbonyl (C=O) groups excluding carboxylic acids is 1. The third-order valence-electron chi connectivity index (χ3n) is 4.74. The molecule has 2 fully saturated rings. The molecule has 142 valence electrons. The molecule has 1 N–H and O–H groups in total. The molecule has 1 amide bonds. The van der Waals surface area contributed by atoms with Gasteiger partial charge in [-0.25, -0.2) is 4.39 Å². The van der Waals surface area contributed by atoms with Crippen LogP contribution in [0.1, 0.15) is 23.2 Å². The van der Waals surface area contributed by atoms with Crippen molar-refractivity contribution in [2.24, 2.45) is 0 Å². The van der Waals surface area contributed by atoms with Crippen molar-refractivity contribution in [2.45, 2.75) is 18.6 Å². The van der Waals surface area contributed by atoms with Crippen molar-refractivity contribution in [1.29, 1.82) is 0 Å². The number of piperidine rings is 1. The number of amides is 1. The first-order valence-electron chi connectivity index (χ1n) is 8.68. The van der Waals surface area contributed by atoms with Gasteiger partial charge in [0.1, 0.15) is 5.82 Å². The van der Waals surface area contributed by atoms with Crippen LogP contribution in [0.3, 0.4) is 0 Å². The summed E-state index contributed by atoms with van der Waals surface area (Å²) in [6, 6.07) is 7.46. The van der Waals surface area contributed by atoms with Crippen LogP contribution in [0.25, 0.3) is 0 Å². The third-order valence-corrected chi connectivity index (χ3v) is 5.06. The summed E-state index contributed by atoms with van der Waals surface area (Å²) < 4.78 is 25.3. The quantitative estimate of drug-likeness (QED) is 0.865. The number of ether oxygens (including phenoxy) is 2. The molecule has 0 atom stereocenters. The highest BCUT2D eigenvalue weighted by molar-refractivity contribution is 6.34. The average molecular weight is 393 g/mol. The van der Waals surface area contributed by atoms with Crippen LogP contribution in [-0.4, -0.2) is 48.2 Å². The number of hydrogen-bond donors (Lipinski definition) is 1. The summed E-state index contributed by atoms with van der Waals surface area (Å²) in [6.45, 7) is 2.76. The molecule has 9 heteroatoms. The Kier molecular flexibility index (Phi) is 4.94. The fourth-order valence-electron chi connectivity index (χ4n) is 3.32. The van der Waals surface area contributed by atoms with Gasteiger partial charge >= 0.3 is 0 Å². The Hall–Kier alpha value is -2.29. The maximum absolute atomic E-state index is 13.8. The van der Waals surface area contributed by atoms with Crippen LogP contribution in [0.5, 0.6) is 0 Å². The Morgan fingerprint density at radius 2 is 1.89 bits per heavy atom. The van der Waals surface area contributed by atoms with Crippen LogP contribution in [-0.2, 0) is 9.47 Å². The van der Waals surface area contributed by atoms with Crippen molar-refractivity contribution in [3.05, 3.63) is 46.7 Å². The van der Waals surface area contributed by atoms with Gasteiger partial charge in [0.2, 0.25) is 0 Å². The Balaban J connectivity index is 1.40. The molecule has 2 saturated heterocycles. The van der Waals surface area contributed by atoms with E-state index in [1.807, 2.05) is 0 Å². The van der Waals surface area contributed by atoms with E-state index in [1.165, 1.54) is 18.2 Å². The minimum atomic E-state index is -0.692. The second-order valence-corrected chi connectivity index (χ2v) is 6.83. The molecular weight excluding hydrogens is 375 g/mol. The zero-order chi connectivity index (χ0) is 18.9. The van der Waals surface area contributed by atoms with Crippen LogP contribution in [0.2, 0.25) is 5.02 Å². The summed E-state index contributed by atoms with van der Waals surface area (Å²) in [5.41, 5.74) is -0.220. The predicted molar refractivity (Wildman–Crippen MR) is 97.5 cm³/mol. The molecule has 0 radical (unpaired) electrons. The van der Waals surface area contributed by atoms with Gasteiger partial charge in [0.15, 0.2) is 17.4 Å². The van der Waals surface area contributed by atoms with E-state index in [4.69, 9.17) is 21.1 Å². The Labute approximate surface area is 160 Å². The standard InChI is InChI=1S/C18H18ClFN4O3/c19-12-2-1-3-13(20)16(12)17(25)21-14-4-5-15(23-22-14)24-8-6-18(7-9-24)26-10-11-27-18/h1-5H,6-11H2,(H,21,22,25). The van der Waals surface area contributed by atoms with E-state index in [1.54, 1.807) is 12.1 Å². The van der Waals surface area contributed by atoms with Crippen LogP contribution in [0, 0.1) is 5.82 Å². The highest BCUT2D eigenvalue weighted by atomic mass is 35.5. The van der Waals surface area contributed by atoms with Gasteiger partial charge in [0, 0.05) is 25.9 Å². The molecule has 7 nitrogen and oxygen atoms in total. The van der Waals surface area contributed by atoms with E-state index in [0.717, 1.165) is 25.9 Å². The van der Waals surface area contributed by atoms with Gasteiger partial charge in [-0.2, -0.15) is 0 Å². The molecule has 4 rings (SSSR count). The van der Waals surface area contributed by atoms with Crippen LogP contribution in [0.15, 0.2) is 30.3 Å². The smallest absolute Gasteiger partial charge is 0.261 e. The van der Waals surface area contributed by atoms with E-state index in [0.29, 0.717) is 19.0 Å². The van der Waals surface area contributed by atoms with Gasteiger partial charge in [0.25, 0.3) is 5.91 Å². The first-order chi connectivity index (χ1) is 13.1. The van der Waals surface area contributed by atoms with Crippen molar-refractivity contribution < 1.29 is 18.7 Å². The van der Waals surface area contributed by atoms with E-state index in [-0.39, 0.29) is 16.4 Å². The fraction of sp³-hybridized carbons (Fsp3) is 0.389. The van der Waals surface area contributed by atoms with Crippen molar-refractivity contribution in [2.75, 3.05) is 36.5 Å². The van der Waals surface area contributed by atoms with Crippen molar-refractivity contribution in [3.63, 3.8) is 0 Å². The maximum atomic E-state index is 13.8. The van der Waals surface area contributed by atoms with Gasteiger partial charge in [-0.1, -0.05) is 17.7 Å². The SMILES string of the molecule is O=C(Nc1ccc(N2CCC3(CC2)OCCO3)nn1)c1c(F)cccc1Cl. The minimum absolute atomic E-state index is 0.0377. The molecule has 1 spiro atoms. The molecule has 2 aromatic rings. The zero-order valence-corrected chi connectivity index (χ0v) is 15.2. The first-order valence-corrected chi connectivity index (χ1v) is 9.06. The second-order valence-electron chi connectivity index (χ2n) is 6.42. The van der Waals surface area contributed by atoms with Crippen LogP contribution >= 0.6 is 11.6 Å². The molecule has 0 bridgehead atoms. The largest absolute Gasteiger partial charge is 0.355 e. The second kappa shape index (κ2) is 7.38. The molecule has 0 aliphatic carbocycles. The zero-order valence-electron chi connectivity index (χ0n) is 14.5. The Morgan fingerprint density at radius 1 is 1.15 bits per heavy atom. The van der Waals surface area contributed by atoms with E-state index in [2.05, 4.69) is 20.4 Å². The summed E-state index contributed by atoms with van der Waals surface area (Å²) >= 11 is 5.90. The number of hydrogen-bond acceptors (Lipinski definition) is 6.